The van der Waals surface area contributed by atoms with Gasteiger partial charge in [-0.25, -0.2) is 9.37 Å². The van der Waals surface area contributed by atoms with Crippen LogP contribution >= 0.6 is 0 Å². The van der Waals surface area contributed by atoms with Gasteiger partial charge >= 0.3 is 0 Å². The Balaban J connectivity index is 0.00000189. The minimum atomic E-state index is -0.265. The van der Waals surface area contributed by atoms with Crippen LogP contribution in [0.1, 0.15) is 42.4 Å². The van der Waals surface area contributed by atoms with Crippen LogP contribution in [-0.2, 0) is 13.0 Å². The molecule has 4 N–H and O–H groups in total. The number of aromatic nitrogens is 2. The zero-order valence-corrected chi connectivity index (χ0v) is 23.7. The van der Waals surface area contributed by atoms with Crippen molar-refractivity contribution < 1.29 is 4.39 Å². The first kappa shape index (κ1) is 29.5. The van der Waals surface area contributed by atoms with Gasteiger partial charge in [0.1, 0.15) is 11.6 Å². The molecule has 2 aromatic heterocycles. The number of anilines is 2. The van der Waals surface area contributed by atoms with Crippen LogP contribution in [-0.4, -0.2) is 16.5 Å². The highest BCUT2D eigenvalue weighted by Gasteiger charge is 2.14. The van der Waals surface area contributed by atoms with Crippen LogP contribution in [0.4, 0.5) is 15.9 Å². The Morgan fingerprint density at radius 2 is 1.83 bits per heavy atom. The van der Waals surface area contributed by atoms with Crippen molar-refractivity contribution in [3.05, 3.63) is 108 Å². The number of nitrogens with two attached hydrogens (primary N) is 1. The van der Waals surface area contributed by atoms with Gasteiger partial charge in [-0.2, -0.15) is 0 Å². The number of pyridine rings is 2. The van der Waals surface area contributed by atoms with E-state index in [1.54, 1.807) is 12.3 Å². The number of nitrogens with one attached hydrogen (secondary N) is 2. The molecule has 1 aliphatic rings. The molecule has 1 fully saturated rings. The average molecular weight is 548 g/mol. The Bertz CT molecular complexity index is 1500. The summed E-state index contributed by atoms with van der Waals surface area (Å²) in [6.45, 7) is 8.11. The smallest absolute Gasteiger partial charge is 0.133 e. The minimum Gasteiger partial charge on any atom is -0.398 e. The number of nitrogens with zero attached hydrogens (tertiary/aromatic N) is 2. The van der Waals surface area contributed by atoms with Gasteiger partial charge in [-0.3, -0.25) is 4.98 Å². The normalized spacial score (nSPS) is 12.9. The Labute approximate surface area is 243 Å². The standard InChI is InChI=1S/C33H36FN5.C2H2/c1-22(39-33-23(2)31(12-13-38-33)27-8-5-9-30(34)17-27)14-28-16-26(10-11-32(28)35)29-15-25(20-37-21-29)19-36-18-24-6-3-4-7-24;1-2/h5,8-13,15-17,20-21,24,36H,1,3-4,6-7,14,18-19,35H2,2H3,(H,38,39);1-2H. The number of nitrogen functional groups attached to an aromatic ring is 1. The summed E-state index contributed by atoms with van der Waals surface area (Å²) < 4.78 is 13.8. The molecule has 0 aliphatic heterocycles. The molecule has 0 spiro atoms. The number of terminal acetylenes is 1. The van der Waals surface area contributed by atoms with E-state index in [0.29, 0.717) is 17.9 Å². The molecule has 2 aromatic carbocycles. The van der Waals surface area contributed by atoms with Gasteiger partial charge in [0.25, 0.3) is 0 Å². The van der Waals surface area contributed by atoms with Crippen molar-refractivity contribution >= 4 is 11.5 Å². The molecule has 6 heteroatoms. The topological polar surface area (TPSA) is 75.9 Å². The highest BCUT2D eigenvalue weighted by atomic mass is 19.1. The Kier molecular flexibility index (Phi) is 10.3. The predicted molar refractivity (Wildman–Crippen MR) is 168 cm³/mol. The summed E-state index contributed by atoms with van der Waals surface area (Å²) in [4.78, 5) is 9.00. The lowest BCUT2D eigenvalue weighted by Crippen LogP contribution is -2.20. The molecule has 2 heterocycles. The number of halogens is 1. The van der Waals surface area contributed by atoms with E-state index in [1.165, 1.54) is 43.4 Å². The molecule has 5 rings (SSSR count). The molecule has 1 saturated carbocycles. The number of rotatable bonds is 10. The van der Waals surface area contributed by atoms with Crippen molar-refractivity contribution in [2.75, 3.05) is 17.6 Å². The van der Waals surface area contributed by atoms with Crippen molar-refractivity contribution in [3.8, 4) is 35.1 Å². The third kappa shape index (κ3) is 7.81. The van der Waals surface area contributed by atoms with Gasteiger partial charge in [0.2, 0.25) is 0 Å². The van der Waals surface area contributed by atoms with Gasteiger partial charge < -0.3 is 16.4 Å². The van der Waals surface area contributed by atoms with E-state index >= 15 is 0 Å². The quantitative estimate of drug-likeness (QED) is 0.141. The Morgan fingerprint density at radius 3 is 2.61 bits per heavy atom. The highest BCUT2D eigenvalue weighted by molar-refractivity contribution is 5.72. The zero-order valence-electron chi connectivity index (χ0n) is 23.7. The molecular weight excluding hydrogens is 509 g/mol. The molecule has 0 atom stereocenters. The lowest BCUT2D eigenvalue weighted by molar-refractivity contribution is 0.489. The number of allylic oxidation sites excluding steroid dienone is 1. The second-order valence-electron chi connectivity index (χ2n) is 10.5. The van der Waals surface area contributed by atoms with Gasteiger partial charge in [-0.1, -0.05) is 37.6 Å². The molecule has 0 amide bonds. The SMILES string of the molecule is C#C.C=C(Cc1cc(-c2cncc(CNCC3CCCC3)c2)ccc1N)Nc1nccc(-c2cccc(F)c2)c1C. The molecule has 41 heavy (non-hydrogen) atoms. The molecule has 210 valence electrons. The first-order valence-corrected chi connectivity index (χ1v) is 14.0. The third-order valence-electron chi connectivity index (χ3n) is 7.55. The maximum atomic E-state index is 13.8. The van der Waals surface area contributed by atoms with Crippen LogP contribution in [0, 0.1) is 31.5 Å². The molecule has 0 bridgehead atoms. The maximum absolute atomic E-state index is 13.8. The summed E-state index contributed by atoms with van der Waals surface area (Å²) in [5.74, 6) is 1.24. The fraction of sp³-hybridized carbons (Fsp3) is 0.257. The highest BCUT2D eigenvalue weighted by Crippen LogP contribution is 2.30. The van der Waals surface area contributed by atoms with Crippen LogP contribution in [0.25, 0.3) is 22.3 Å². The van der Waals surface area contributed by atoms with Crippen LogP contribution in [0.2, 0.25) is 0 Å². The van der Waals surface area contributed by atoms with E-state index in [2.05, 4.69) is 52.2 Å². The Morgan fingerprint density at radius 1 is 1.02 bits per heavy atom. The van der Waals surface area contributed by atoms with Crippen LogP contribution in [0.5, 0.6) is 0 Å². The summed E-state index contributed by atoms with van der Waals surface area (Å²) >= 11 is 0. The van der Waals surface area contributed by atoms with E-state index in [-0.39, 0.29) is 5.82 Å². The van der Waals surface area contributed by atoms with Crippen molar-refractivity contribution in [2.45, 2.75) is 45.6 Å². The van der Waals surface area contributed by atoms with E-state index < -0.39 is 0 Å². The van der Waals surface area contributed by atoms with E-state index in [0.717, 1.165) is 58.1 Å². The zero-order chi connectivity index (χ0) is 29.2. The summed E-state index contributed by atoms with van der Waals surface area (Å²) in [6, 6.07) is 16.8. The molecule has 0 unspecified atom stereocenters. The first-order valence-electron chi connectivity index (χ1n) is 14.0. The second kappa shape index (κ2) is 14.2. The lowest BCUT2D eigenvalue weighted by atomic mass is 9.99. The minimum absolute atomic E-state index is 0.265. The third-order valence-corrected chi connectivity index (χ3v) is 7.55. The monoisotopic (exact) mass is 547 g/mol. The van der Waals surface area contributed by atoms with E-state index in [1.807, 2.05) is 43.6 Å². The molecule has 4 aromatic rings. The Hall–Kier alpha value is -4.47. The summed E-state index contributed by atoms with van der Waals surface area (Å²) in [7, 11) is 0. The summed E-state index contributed by atoms with van der Waals surface area (Å²) in [6.07, 6.45) is 19.5. The second-order valence-corrected chi connectivity index (χ2v) is 10.5. The van der Waals surface area contributed by atoms with Crippen LogP contribution < -0.4 is 16.4 Å². The average Bonchev–Trinajstić information content (AvgIpc) is 3.50. The van der Waals surface area contributed by atoms with Crippen molar-refractivity contribution in [1.82, 2.24) is 15.3 Å². The van der Waals surface area contributed by atoms with E-state index in [9.17, 15) is 4.39 Å². The summed E-state index contributed by atoms with van der Waals surface area (Å²) in [5.41, 5.74) is 14.8. The fourth-order valence-corrected chi connectivity index (χ4v) is 5.39. The largest absolute Gasteiger partial charge is 0.398 e. The molecule has 0 saturated heterocycles. The van der Waals surface area contributed by atoms with Crippen molar-refractivity contribution in [3.63, 3.8) is 0 Å². The molecular formula is C35H38FN5. The lowest BCUT2D eigenvalue weighted by Gasteiger charge is -2.16. The van der Waals surface area contributed by atoms with Crippen molar-refractivity contribution in [1.29, 1.82) is 0 Å². The predicted octanol–water partition coefficient (Wildman–Crippen LogP) is 7.54. The number of hydrogen-bond acceptors (Lipinski definition) is 5. The fourth-order valence-electron chi connectivity index (χ4n) is 5.39. The molecule has 5 nitrogen and oxygen atoms in total. The van der Waals surface area contributed by atoms with Gasteiger partial charge in [0.05, 0.1) is 0 Å². The maximum Gasteiger partial charge on any atom is 0.133 e. The van der Waals surface area contributed by atoms with Gasteiger partial charge in [-0.05, 0) is 102 Å². The molecule has 1 aliphatic carbocycles. The van der Waals surface area contributed by atoms with Crippen LogP contribution in [0.15, 0.2) is 85.5 Å². The number of benzene rings is 2. The molecule has 0 radical (unpaired) electrons. The van der Waals surface area contributed by atoms with Crippen molar-refractivity contribution in [2.24, 2.45) is 5.92 Å². The van der Waals surface area contributed by atoms with Gasteiger partial charge in [0.15, 0.2) is 0 Å². The number of hydrogen-bond donors (Lipinski definition) is 3. The van der Waals surface area contributed by atoms with Gasteiger partial charge in [-0.15, -0.1) is 12.8 Å². The summed E-state index contributed by atoms with van der Waals surface area (Å²) in [5, 5.41) is 6.96. The van der Waals surface area contributed by atoms with Gasteiger partial charge in [0, 0.05) is 48.5 Å². The van der Waals surface area contributed by atoms with E-state index in [4.69, 9.17) is 5.73 Å². The van der Waals surface area contributed by atoms with Crippen LogP contribution in [0.3, 0.4) is 0 Å². The first-order chi connectivity index (χ1) is 20.0.